The lowest BCUT2D eigenvalue weighted by Crippen LogP contribution is -2.27. The van der Waals surface area contributed by atoms with Gasteiger partial charge >= 0.3 is 5.97 Å². The molecule has 22 heavy (non-hydrogen) atoms. The van der Waals surface area contributed by atoms with E-state index >= 15 is 0 Å². The number of carboxylic acid groups (broad SMARTS) is 1. The molecule has 4 heteroatoms. The second-order valence-corrected chi connectivity index (χ2v) is 6.76. The molecule has 0 bridgehead atoms. The number of benzene rings is 1. The van der Waals surface area contributed by atoms with Crippen LogP contribution in [0.3, 0.4) is 0 Å². The summed E-state index contributed by atoms with van der Waals surface area (Å²) in [5.41, 5.74) is 2.24. The highest BCUT2D eigenvalue weighted by Gasteiger charge is 2.30. The van der Waals surface area contributed by atoms with E-state index in [4.69, 9.17) is 0 Å². The molecule has 2 fully saturated rings. The van der Waals surface area contributed by atoms with Crippen LogP contribution in [0.2, 0.25) is 0 Å². The van der Waals surface area contributed by atoms with E-state index in [1.54, 1.807) is 0 Å². The van der Waals surface area contributed by atoms with Crippen LogP contribution in [0.5, 0.6) is 0 Å². The Labute approximate surface area is 132 Å². The molecule has 0 amide bonds. The molecule has 0 aromatic heterocycles. The zero-order chi connectivity index (χ0) is 15.4. The first-order chi connectivity index (χ1) is 10.7. The predicted octanol–water partition coefficient (Wildman–Crippen LogP) is 2.75. The number of aliphatic carboxylic acids is 1. The molecule has 1 saturated carbocycles. The van der Waals surface area contributed by atoms with Gasteiger partial charge in [0.15, 0.2) is 0 Å². The number of nitrogens with one attached hydrogen (secondary N) is 2. The summed E-state index contributed by atoms with van der Waals surface area (Å²) >= 11 is 0. The Balaban J connectivity index is 1.58. The minimum atomic E-state index is -0.666. The van der Waals surface area contributed by atoms with E-state index in [0.717, 1.165) is 43.2 Å². The summed E-state index contributed by atoms with van der Waals surface area (Å²) in [6.45, 7) is 2.79. The summed E-state index contributed by atoms with van der Waals surface area (Å²) in [6.07, 6.45) is 5.61. The topological polar surface area (TPSA) is 61.4 Å². The quantitative estimate of drug-likeness (QED) is 0.691. The Morgan fingerprint density at radius 2 is 2.23 bits per heavy atom. The van der Waals surface area contributed by atoms with Gasteiger partial charge in [0.2, 0.25) is 0 Å². The number of carbonyl (C=O) groups is 1. The minimum absolute atomic E-state index is 0.254. The first kappa shape index (κ1) is 15.3. The van der Waals surface area contributed by atoms with Crippen molar-refractivity contribution in [3.8, 4) is 0 Å². The summed E-state index contributed by atoms with van der Waals surface area (Å²) in [5, 5.41) is 16.3. The third-order valence-electron chi connectivity index (χ3n) is 4.95. The molecule has 0 unspecified atom stereocenters. The second kappa shape index (κ2) is 7.14. The first-order valence-electron chi connectivity index (χ1n) is 8.48. The Bertz CT molecular complexity index is 508. The molecule has 0 radical (unpaired) electrons. The van der Waals surface area contributed by atoms with Crippen molar-refractivity contribution >= 4 is 11.7 Å². The number of rotatable bonds is 8. The van der Waals surface area contributed by atoms with Gasteiger partial charge in [0.05, 0.1) is 5.92 Å². The van der Waals surface area contributed by atoms with Gasteiger partial charge in [0, 0.05) is 12.2 Å². The van der Waals surface area contributed by atoms with Gasteiger partial charge in [-0.2, -0.15) is 0 Å². The number of hydrogen-bond donors (Lipinski definition) is 3. The van der Waals surface area contributed by atoms with Crippen molar-refractivity contribution in [2.24, 2.45) is 17.8 Å². The predicted molar refractivity (Wildman–Crippen MR) is 88.1 cm³/mol. The van der Waals surface area contributed by atoms with Crippen molar-refractivity contribution < 1.29 is 9.90 Å². The van der Waals surface area contributed by atoms with Crippen LogP contribution in [-0.4, -0.2) is 30.7 Å². The van der Waals surface area contributed by atoms with E-state index < -0.39 is 5.97 Å². The molecular formula is C18H26N2O2. The fourth-order valence-corrected chi connectivity index (χ4v) is 3.37. The van der Waals surface area contributed by atoms with E-state index in [9.17, 15) is 9.90 Å². The fourth-order valence-electron chi connectivity index (χ4n) is 3.37. The summed E-state index contributed by atoms with van der Waals surface area (Å²) in [7, 11) is 0. The zero-order valence-corrected chi connectivity index (χ0v) is 13.1. The maximum absolute atomic E-state index is 11.6. The average Bonchev–Trinajstić information content (AvgIpc) is 3.17. The number of hydrogen-bond acceptors (Lipinski definition) is 3. The molecule has 1 saturated heterocycles. The van der Waals surface area contributed by atoms with Crippen LogP contribution in [0.4, 0.5) is 5.69 Å². The van der Waals surface area contributed by atoms with Gasteiger partial charge in [-0.1, -0.05) is 25.0 Å². The van der Waals surface area contributed by atoms with Crippen LogP contribution in [0.25, 0.3) is 0 Å². The van der Waals surface area contributed by atoms with Gasteiger partial charge in [-0.25, -0.2) is 0 Å². The average molecular weight is 302 g/mol. The Morgan fingerprint density at radius 3 is 2.91 bits per heavy atom. The number of carboxylic acids is 1. The van der Waals surface area contributed by atoms with Crippen molar-refractivity contribution in [3.05, 3.63) is 29.8 Å². The Morgan fingerprint density at radius 1 is 1.36 bits per heavy atom. The van der Waals surface area contributed by atoms with Gasteiger partial charge < -0.3 is 15.7 Å². The van der Waals surface area contributed by atoms with Crippen LogP contribution in [-0.2, 0) is 11.2 Å². The normalized spacial score (nSPS) is 22.5. The van der Waals surface area contributed by atoms with Crippen LogP contribution in [0.15, 0.2) is 24.3 Å². The SMILES string of the molecule is O=C(O)[C@@H](Cc1cccc(NCCC2CC2)c1)[C@H]1CCNC1. The van der Waals surface area contributed by atoms with E-state index in [1.165, 1.54) is 19.3 Å². The molecule has 1 aromatic carbocycles. The molecular weight excluding hydrogens is 276 g/mol. The molecule has 3 rings (SSSR count). The Hall–Kier alpha value is -1.55. The maximum Gasteiger partial charge on any atom is 0.307 e. The number of anilines is 1. The van der Waals surface area contributed by atoms with Gasteiger partial charge in [-0.3, -0.25) is 4.79 Å². The van der Waals surface area contributed by atoms with Crippen LogP contribution >= 0.6 is 0 Å². The second-order valence-electron chi connectivity index (χ2n) is 6.76. The van der Waals surface area contributed by atoms with Gasteiger partial charge in [0.25, 0.3) is 0 Å². The Kier molecular flexibility index (Phi) is 4.98. The van der Waals surface area contributed by atoms with E-state index in [1.807, 2.05) is 12.1 Å². The fraction of sp³-hybridized carbons (Fsp3) is 0.611. The molecule has 1 aromatic rings. The van der Waals surface area contributed by atoms with Crippen LogP contribution in [0, 0.1) is 17.8 Å². The molecule has 1 aliphatic heterocycles. The van der Waals surface area contributed by atoms with E-state index in [0.29, 0.717) is 6.42 Å². The summed E-state index contributed by atoms with van der Waals surface area (Å²) < 4.78 is 0. The van der Waals surface area contributed by atoms with E-state index in [-0.39, 0.29) is 11.8 Å². The highest BCUT2D eigenvalue weighted by Crippen LogP contribution is 2.32. The van der Waals surface area contributed by atoms with Crippen molar-refractivity contribution in [2.45, 2.75) is 32.1 Å². The minimum Gasteiger partial charge on any atom is -0.481 e. The molecule has 1 heterocycles. The molecule has 2 aliphatic rings. The standard InChI is InChI=1S/C18H26N2O2/c21-18(22)17(15-7-8-19-12-15)11-14-2-1-3-16(10-14)20-9-6-13-4-5-13/h1-3,10,13,15,17,19-20H,4-9,11-12H2,(H,21,22)/t15-,17-/m0/s1. The lowest BCUT2D eigenvalue weighted by molar-refractivity contribution is -0.143. The van der Waals surface area contributed by atoms with Gasteiger partial charge in [0.1, 0.15) is 0 Å². The molecule has 3 N–H and O–H groups in total. The molecule has 4 nitrogen and oxygen atoms in total. The van der Waals surface area contributed by atoms with Gasteiger partial charge in [-0.15, -0.1) is 0 Å². The summed E-state index contributed by atoms with van der Waals surface area (Å²) in [5.74, 6) is 0.239. The summed E-state index contributed by atoms with van der Waals surface area (Å²) in [6, 6.07) is 8.26. The smallest absolute Gasteiger partial charge is 0.307 e. The maximum atomic E-state index is 11.6. The van der Waals surface area contributed by atoms with Crippen molar-refractivity contribution in [2.75, 3.05) is 25.0 Å². The summed E-state index contributed by atoms with van der Waals surface area (Å²) in [4.78, 5) is 11.6. The molecule has 120 valence electrons. The van der Waals surface area contributed by atoms with E-state index in [2.05, 4.69) is 22.8 Å². The zero-order valence-electron chi connectivity index (χ0n) is 13.1. The highest BCUT2D eigenvalue weighted by molar-refractivity contribution is 5.71. The van der Waals surface area contributed by atoms with Crippen LogP contribution in [0.1, 0.15) is 31.2 Å². The largest absolute Gasteiger partial charge is 0.481 e. The third-order valence-corrected chi connectivity index (χ3v) is 4.95. The highest BCUT2D eigenvalue weighted by atomic mass is 16.4. The molecule has 1 aliphatic carbocycles. The molecule has 0 spiro atoms. The van der Waals surface area contributed by atoms with Crippen molar-refractivity contribution in [1.82, 2.24) is 5.32 Å². The first-order valence-corrected chi connectivity index (χ1v) is 8.48. The monoisotopic (exact) mass is 302 g/mol. The van der Waals surface area contributed by atoms with Crippen molar-refractivity contribution in [1.29, 1.82) is 0 Å². The van der Waals surface area contributed by atoms with Crippen LogP contribution < -0.4 is 10.6 Å². The third kappa shape index (κ3) is 4.23. The lowest BCUT2D eigenvalue weighted by Gasteiger charge is -2.19. The molecule has 2 atom stereocenters. The lowest BCUT2D eigenvalue weighted by atomic mass is 9.86. The van der Waals surface area contributed by atoms with Gasteiger partial charge in [-0.05, 0) is 61.9 Å². The van der Waals surface area contributed by atoms with Crippen molar-refractivity contribution in [3.63, 3.8) is 0 Å².